The summed E-state index contributed by atoms with van der Waals surface area (Å²) in [5.41, 5.74) is -0.0568. The van der Waals surface area contributed by atoms with E-state index in [4.69, 9.17) is 14.2 Å². The maximum absolute atomic E-state index is 12.7. The van der Waals surface area contributed by atoms with Crippen molar-refractivity contribution in [3.05, 3.63) is 24.3 Å². The highest BCUT2D eigenvalue weighted by molar-refractivity contribution is 5.84. The number of hydrogen-bond acceptors (Lipinski definition) is 5. The lowest BCUT2D eigenvalue weighted by Crippen LogP contribution is -2.61. The molecule has 4 saturated carbocycles. The highest BCUT2D eigenvalue weighted by Gasteiger charge is 2.51. The van der Waals surface area contributed by atoms with Gasteiger partial charge in [0.2, 0.25) is 0 Å². The van der Waals surface area contributed by atoms with E-state index in [1.807, 2.05) is 24.3 Å². The number of nitrogens with one attached hydrogen (secondary N) is 1. The van der Waals surface area contributed by atoms with Crippen molar-refractivity contribution in [3.8, 4) is 11.5 Å². The first-order valence-corrected chi connectivity index (χ1v) is 11.2. The molecule has 0 aliphatic heterocycles. The monoisotopic (exact) mass is 415 g/mol. The summed E-state index contributed by atoms with van der Waals surface area (Å²) in [6.07, 6.45) is 7.28. The quantitative estimate of drug-likeness (QED) is 0.490. The van der Waals surface area contributed by atoms with Gasteiger partial charge in [0, 0.05) is 12.0 Å². The Bertz CT molecular complexity index is 724. The van der Waals surface area contributed by atoms with Crippen LogP contribution in [0.3, 0.4) is 0 Å². The SMILES string of the molecule is COc1ccc(OCCCC(=O)O[C@@H](C)C(=O)NC23CC4CC(CC(C4)C2)C3)cc1. The molecule has 0 saturated heterocycles. The first-order valence-electron chi connectivity index (χ1n) is 11.2. The zero-order chi connectivity index (χ0) is 21.1. The number of amides is 1. The Kier molecular flexibility index (Phi) is 6.21. The minimum Gasteiger partial charge on any atom is -0.497 e. The topological polar surface area (TPSA) is 73.9 Å². The summed E-state index contributed by atoms with van der Waals surface area (Å²) >= 11 is 0. The number of esters is 1. The summed E-state index contributed by atoms with van der Waals surface area (Å²) in [6.45, 7) is 2.08. The summed E-state index contributed by atoms with van der Waals surface area (Å²) < 4.78 is 16.1. The molecule has 5 rings (SSSR count). The van der Waals surface area contributed by atoms with Crippen LogP contribution in [-0.2, 0) is 14.3 Å². The molecule has 6 nitrogen and oxygen atoms in total. The van der Waals surface area contributed by atoms with E-state index in [0.717, 1.165) is 48.5 Å². The van der Waals surface area contributed by atoms with Gasteiger partial charge < -0.3 is 19.5 Å². The summed E-state index contributed by atoms with van der Waals surface area (Å²) in [4.78, 5) is 24.8. The standard InChI is InChI=1S/C24H33NO5/c1-16(23(27)25-24-13-17-10-18(14-24)12-19(11-17)15-24)30-22(26)4-3-9-29-21-7-5-20(28-2)6-8-21/h5-8,16-19H,3-4,9-15H2,1-2H3,(H,25,27)/t16-,17?,18?,19?,24?/m0/s1. The predicted octanol–water partition coefficient (Wildman–Crippen LogP) is 3.87. The fourth-order valence-corrected chi connectivity index (χ4v) is 6.01. The maximum atomic E-state index is 12.7. The van der Waals surface area contributed by atoms with Crippen molar-refractivity contribution in [2.45, 2.75) is 69.9 Å². The number of ether oxygens (including phenoxy) is 3. The zero-order valence-corrected chi connectivity index (χ0v) is 18.0. The molecule has 0 heterocycles. The third-order valence-electron chi connectivity index (χ3n) is 6.96. The second-order valence-electron chi connectivity index (χ2n) is 9.45. The molecule has 1 aromatic carbocycles. The molecule has 0 radical (unpaired) electrons. The van der Waals surface area contributed by atoms with Gasteiger partial charge in [-0.1, -0.05) is 0 Å². The molecule has 4 aliphatic carbocycles. The van der Waals surface area contributed by atoms with Crippen molar-refractivity contribution >= 4 is 11.9 Å². The third-order valence-corrected chi connectivity index (χ3v) is 6.96. The molecule has 1 aromatic rings. The van der Waals surface area contributed by atoms with Crippen LogP contribution < -0.4 is 14.8 Å². The average Bonchev–Trinajstić information content (AvgIpc) is 2.70. The van der Waals surface area contributed by atoms with E-state index in [1.54, 1.807) is 14.0 Å². The molecule has 4 aliphatic rings. The molecule has 6 heteroatoms. The predicted molar refractivity (Wildman–Crippen MR) is 112 cm³/mol. The molecule has 30 heavy (non-hydrogen) atoms. The van der Waals surface area contributed by atoms with E-state index in [2.05, 4.69) is 5.32 Å². The molecule has 1 atom stereocenters. The minimum absolute atomic E-state index is 0.0568. The molecular weight excluding hydrogens is 382 g/mol. The second kappa shape index (κ2) is 8.86. The molecule has 0 aromatic heterocycles. The van der Waals surface area contributed by atoms with Crippen LogP contribution in [0.15, 0.2) is 24.3 Å². The largest absolute Gasteiger partial charge is 0.497 e. The van der Waals surface area contributed by atoms with Crippen LogP contribution in [0.1, 0.15) is 58.3 Å². The van der Waals surface area contributed by atoms with E-state index in [1.165, 1.54) is 19.3 Å². The van der Waals surface area contributed by atoms with Crippen molar-refractivity contribution in [2.24, 2.45) is 17.8 Å². The highest BCUT2D eigenvalue weighted by atomic mass is 16.5. The Balaban J connectivity index is 1.16. The number of carbonyl (C=O) groups is 2. The number of benzene rings is 1. The lowest BCUT2D eigenvalue weighted by molar-refractivity contribution is -0.156. The summed E-state index contributed by atoms with van der Waals surface area (Å²) in [7, 11) is 1.62. The van der Waals surface area contributed by atoms with Crippen molar-refractivity contribution in [3.63, 3.8) is 0 Å². The fraction of sp³-hybridized carbons (Fsp3) is 0.667. The lowest BCUT2D eigenvalue weighted by Gasteiger charge is -2.57. The minimum atomic E-state index is -0.756. The van der Waals surface area contributed by atoms with Crippen molar-refractivity contribution < 1.29 is 23.8 Å². The number of methoxy groups -OCH3 is 1. The zero-order valence-electron chi connectivity index (χ0n) is 18.0. The van der Waals surface area contributed by atoms with Gasteiger partial charge in [0.05, 0.1) is 13.7 Å². The molecule has 164 valence electrons. The summed E-state index contributed by atoms with van der Waals surface area (Å²) in [5, 5.41) is 3.28. The van der Waals surface area contributed by atoms with E-state index in [-0.39, 0.29) is 23.8 Å². The normalized spacial score (nSPS) is 29.9. The van der Waals surface area contributed by atoms with Crippen LogP contribution in [0.25, 0.3) is 0 Å². The third kappa shape index (κ3) is 4.90. The number of rotatable bonds is 9. The number of hydrogen-bond donors (Lipinski definition) is 1. The first-order chi connectivity index (χ1) is 14.4. The van der Waals surface area contributed by atoms with Crippen molar-refractivity contribution in [1.82, 2.24) is 5.32 Å². The average molecular weight is 416 g/mol. The van der Waals surface area contributed by atoms with Crippen molar-refractivity contribution in [1.29, 1.82) is 0 Å². The molecule has 4 fully saturated rings. The van der Waals surface area contributed by atoms with Gasteiger partial charge in [-0.2, -0.15) is 0 Å². The molecule has 4 bridgehead atoms. The van der Waals surface area contributed by atoms with Gasteiger partial charge in [0.1, 0.15) is 11.5 Å². The molecule has 1 amide bonds. The van der Waals surface area contributed by atoms with Gasteiger partial charge in [0.25, 0.3) is 5.91 Å². The maximum Gasteiger partial charge on any atom is 0.306 e. The van der Waals surface area contributed by atoms with Gasteiger partial charge >= 0.3 is 5.97 Å². The Hall–Kier alpha value is -2.24. The van der Waals surface area contributed by atoms with E-state index < -0.39 is 6.10 Å². The second-order valence-corrected chi connectivity index (χ2v) is 9.45. The van der Waals surface area contributed by atoms with E-state index in [0.29, 0.717) is 13.0 Å². The van der Waals surface area contributed by atoms with Crippen LogP contribution in [0.2, 0.25) is 0 Å². The van der Waals surface area contributed by atoms with Crippen LogP contribution in [0, 0.1) is 17.8 Å². The van der Waals surface area contributed by atoms with Crippen molar-refractivity contribution in [2.75, 3.05) is 13.7 Å². The van der Waals surface area contributed by atoms with Gasteiger partial charge in [-0.15, -0.1) is 0 Å². The Morgan fingerprint density at radius 3 is 2.17 bits per heavy atom. The van der Waals surface area contributed by atoms with Gasteiger partial charge in [0.15, 0.2) is 6.10 Å². The van der Waals surface area contributed by atoms with E-state index >= 15 is 0 Å². The molecule has 0 unspecified atom stereocenters. The first kappa shape index (κ1) is 21.0. The fourth-order valence-electron chi connectivity index (χ4n) is 6.01. The van der Waals surface area contributed by atoms with Crippen LogP contribution >= 0.6 is 0 Å². The van der Waals surface area contributed by atoms with Crippen LogP contribution in [0.5, 0.6) is 11.5 Å². The highest BCUT2D eigenvalue weighted by Crippen LogP contribution is 2.55. The Labute approximate surface area is 178 Å². The molecular formula is C24H33NO5. The molecule has 1 N–H and O–H groups in total. The van der Waals surface area contributed by atoms with Gasteiger partial charge in [-0.05, 0) is 93.9 Å². The van der Waals surface area contributed by atoms with E-state index in [9.17, 15) is 9.59 Å². The Morgan fingerprint density at radius 1 is 1.03 bits per heavy atom. The lowest BCUT2D eigenvalue weighted by atomic mass is 9.53. The van der Waals surface area contributed by atoms with Gasteiger partial charge in [-0.3, -0.25) is 9.59 Å². The smallest absolute Gasteiger partial charge is 0.306 e. The Morgan fingerprint density at radius 2 is 1.60 bits per heavy atom. The van der Waals surface area contributed by atoms with Crippen LogP contribution in [0.4, 0.5) is 0 Å². The summed E-state index contributed by atoms with van der Waals surface area (Å²) in [6, 6.07) is 7.31. The van der Waals surface area contributed by atoms with Gasteiger partial charge in [-0.25, -0.2) is 0 Å². The summed E-state index contributed by atoms with van der Waals surface area (Å²) in [5.74, 6) is 3.28. The van der Waals surface area contributed by atoms with Crippen LogP contribution in [-0.4, -0.2) is 37.2 Å². The molecule has 0 spiro atoms. The number of carbonyl (C=O) groups excluding carboxylic acids is 2.